The van der Waals surface area contributed by atoms with Gasteiger partial charge < -0.3 is 10.6 Å². The molecule has 88 valence electrons. The number of hydrogen-bond donors (Lipinski definition) is 1. The summed E-state index contributed by atoms with van der Waals surface area (Å²) in [6, 6.07) is 1.20. The van der Waals surface area contributed by atoms with Gasteiger partial charge in [-0.05, 0) is 45.3 Å². The van der Waals surface area contributed by atoms with Crippen LogP contribution in [0.5, 0.6) is 0 Å². The van der Waals surface area contributed by atoms with Crippen LogP contribution in [0.1, 0.15) is 32.6 Å². The van der Waals surface area contributed by atoms with E-state index in [2.05, 4.69) is 16.7 Å². The van der Waals surface area contributed by atoms with Crippen molar-refractivity contribution in [2.75, 3.05) is 32.7 Å². The molecule has 2 saturated heterocycles. The summed E-state index contributed by atoms with van der Waals surface area (Å²) in [6.07, 6.45) is 5.23. The second-order valence-electron chi connectivity index (χ2n) is 5.11. The average molecular weight is 211 g/mol. The van der Waals surface area contributed by atoms with Gasteiger partial charge in [0.25, 0.3) is 0 Å². The van der Waals surface area contributed by atoms with E-state index in [1.165, 1.54) is 45.4 Å². The predicted molar refractivity (Wildman–Crippen MR) is 63.9 cm³/mol. The van der Waals surface area contributed by atoms with Crippen LogP contribution in [0.3, 0.4) is 0 Å². The lowest BCUT2D eigenvalue weighted by molar-refractivity contribution is 0.211. The summed E-state index contributed by atoms with van der Waals surface area (Å²) in [4.78, 5) is 5.27. The molecule has 2 rings (SSSR count). The molecule has 15 heavy (non-hydrogen) atoms. The van der Waals surface area contributed by atoms with Crippen molar-refractivity contribution < 1.29 is 0 Å². The molecule has 2 atom stereocenters. The molecule has 0 aromatic carbocycles. The fourth-order valence-corrected chi connectivity index (χ4v) is 2.91. The van der Waals surface area contributed by atoms with Crippen LogP contribution in [0, 0.1) is 0 Å². The van der Waals surface area contributed by atoms with Crippen LogP contribution < -0.4 is 5.73 Å². The summed E-state index contributed by atoms with van der Waals surface area (Å²) in [6.45, 7) is 8.43. The molecule has 2 heterocycles. The van der Waals surface area contributed by atoms with Crippen molar-refractivity contribution >= 4 is 0 Å². The van der Waals surface area contributed by atoms with E-state index < -0.39 is 0 Å². The number of hydrogen-bond acceptors (Lipinski definition) is 3. The Morgan fingerprint density at radius 3 is 2.87 bits per heavy atom. The molecular weight excluding hydrogens is 186 g/mol. The van der Waals surface area contributed by atoms with Crippen molar-refractivity contribution in [3.8, 4) is 0 Å². The Kier molecular flexibility index (Phi) is 4.00. The minimum atomic E-state index is 0.373. The maximum Gasteiger partial charge on any atom is 0.0223 e. The summed E-state index contributed by atoms with van der Waals surface area (Å²) >= 11 is 0. The third-order valence-electron chi connectivity index (χ3n) is 3.90. The van der Waals surface area contributed by atoms with Crippen LogP contribution in [0.2, 0.25) is 0 Å². The molecule has 0 amide bonds. The minimum Gasteiger partial charge on any atom is -0.327 e. The lowest BCUT2D eigenvalue weighted by Crippen LogP contribution is -2.42. The Bertz CT molecular complexity index is 195. The first-order valence-corrected chi connectivity index (χ1v) is 6.51. The van der Waals surface area contributed by atoms with Gasteiger partial charge in [0.05, 0.1) is 0 Å². The van der Waals surface area contributed by atoms with Crippen molar-refractivity contribution in [1.82, 2.24) is 9.80 Å². The van der Waals surface area contributed by atoms with Gasteiger partial charge in [0.1, 0.15) is 0 Å². The Labute approximate surface area is 93.6 Å². The molecule has 0 spiro atoms. The normalized spacial score (nSPS) is 31.2. The van der Waals surface area contributed by atoms with Gasteiger partial charge >= 0.3 is 0 Å². The smallest absolute Gasteiger partial charge is 0.0223 e. The first-order chi connectivity index (χ1) is 7.29. The van der Waals surface area contributed by atoms with Gasteiger partial charge in [0, 0.05) is 25.2 Å². The minimum absolute atomic E-state index is 0.373. The van der Waals surface area contributed by atoms with Crippen LogP contribution in [-0.4, -0.2) is 54.6 Å². The molecule has 2 fully saturated rings. The van der Waals surface area contributed by atoms with Crippen molar-refractivity contribution in [2.24, 2.45) is 5.73 Å². The molecule has 2 aliphatic rings. The van der Waals surface area contributed by atoms with E-state index in [-0.39, 0.29) is 0 Å². The highest BCUT2D eigenvalue weighted by Crippen LogP contribution is 2.21. The monoisotopic (exact) mass is 211 g/mol. The van der Waals surface area contributed by atoms with Gasteiger partial charge in [0.15, 0.2) is 0 Å². The Balaban J connectivity index is 1.85. The van der Waals surface area contributed by atoms with Gasteiger partial charge in [0.2, 0.25) is 0 Å². The summed E-state index contributed by atoms with van der Waals surface area (Å²) < 4.78 is 0. The zero-order valence-corrected chi connectivity index (χ0v) is 9.99. The fourth-order valence-electron chi connectivity index (χ4n) is 2.91. The van der Waals surface area contributed by atoms with E-state index in [0.717, 1.165) is 19.0 Å². The molecule has 3 nitrogen and oxygen atoms in total. The first kappa shape index (κ1) is 11.4. The summed E-state index contributed by atoms with van der Waals surface area (Å²) in [5.41, 5.74) is 6.04. The summed E-state index contributed by atoms with van der Waals surface area (Å²) in [7, 11) is 0. The van der Waals surface area contributed by atoms with E-state index >= 15 is 0 Å². The van der Waals surface area contributed by atoms with Crippen molar-refractivity contribution in [1.29, 1.82) is 0 Å². The molecule has 0 aromatic heterocycles. The second kappa shape index (κ2) is 5.28. The average Bonchev–Trinajstić information content (AvgIpc) is 2.58. The van der Waals surface area contributed by atoms with E-state index in [9.17, 15) is 0 Å². The Hall–Kier alpha value is -0.120. The Morgan fingerprint density at radius 1 is 1.27 bits per heavy atom. The second-order valence-corrected chi connectivity index (χ2v) is 5.11. The summed E-state index contributed by atoms with van der Waals surface area (Å²) in [5.74, 6) is 0. The van der Waals surface area contributed by atoms with E-state index in [1.54, 1.807) is 0 Å². The van der Waals surface area contributed by atoms with Crippen LogP contribution in [0.25, 0.3) is 0 Å². The van der Waals surface area contributed by atoms with Crippen LogP contribution in [-0.2, 0) is 0 Å². The molecule has 2 N–H and O–H groups in total. The molecule has 0 bridgehead atoms. The maximum absolute atomic E-state index is 6.04. The third-order valence-corrected chi connectivity index (χ3v) is 3.90. The van der Waals surface area contributed by atoms with E-state index in [0.29, 0.717) is 6.04 Å². The first-order valence-electron chi connectivity index (χ1n) is 6.51. The molecule has 0 aliphatic carbocycles. The molecule has 0 radical (unpaired) electrons. The summed E-state index contributed by atoms with van der Waals surface area (Å²) in [5, 5.41) is 0. The number of fused-ring (bicyclic) bond motifs is 1. The largest absolute Gasteiger partial charge is 0.327 e. The zero-order valence-electron chi connectivity index (χ0n) is 9.99. The number of nitrogens with two attached hydrogens (primary N) is 1. The van der Waals surface area contributed by atoms with Gasteiger partial charge in [-0.15, -0.1) is 0 Å². The Morgan fingerprint density at radius 2 is 2.07 bits per heavy atom. The zero-order chi connectivity index (χ0) is 10.7. The lowest BCUT2D eigenvalue weighted by Gasteiger charge is -2.27. The quantitative estimate of drug-likeness (QED) is 0.752. The van der Waals surface area contributed by atoms with Gasteiger partial charge in [-0.2, -0.15) is 0 Å². The van der Waals surface area contributed by atoms with Gasteiger partial charge in [-0.3, -0.25) is 4.90 Å². The van der Waals surface area contributed by atoms with Crippen molar-refractivity contribution in [3.63, 3.8) is 0 Å². The highest BCUT2D eigenvalue weighted by molar-refractivity contribution is 4.85. The van der Waals surface area contributed by atoms with Gasteiger partial charge in [-0.1, -0.05) is 6.92 Å². The molecule has 0 aromatic rings. The van der Waals surface area contributed by atoms with E-state index in [1.807, 2.05) is 0 Å². The standard InChI is InChI=1S/C12H25N3/c1-2-11(13)9-14-6-4-8-15-7-3-5-12(15)10-14/h11-12H,2-10,13H2,1H3. The van der Waals surface area contributed by atoms with E-state index in [4.69, 9.17) is 5.73 Å². The molecule has 0 saturated carbocycles. The highest BCUT2D eigenvalue weighted by Gasteiger charge is 2.28. The topological polar surface area (TPSA) is 32.5 Å². The molecule has 3 heteroatoms. The number of nitrogens with zero attached hydrogens (tertiary/aromatic N) is 2. The SMILES string of the molecule is CCC(N)CN1CCCN2CCCC2C1. The fraction of sp³-hybridized carbons (Fsp3) is 1.00. The third kappa shape index (κ3) is 2.92. The number of rotatable bonds is 3. The van der Waals surface area contributed by atoms with Crippen LogP contribution >= 0.6 is 0 Å². The van der Waals surface area contributed by atoms with Crippen LogP contribution in [0.15, 0.2) is 0 Å². The van der Waals surface area contributed by atoms with Crippen molar-refractivity contribution in [2.45, 2.75) is 44.7 Å². The van der Waals surface area contributed by atoms with Gasteiger partial charge in [-0.25, -0.2) is 0 Å². The van der Waals surface area contributed by atoms with Crippen LogP contribution in [0.4, 0.5) is 0 Å². The molecular formula is C12H25N3. The molecule has 2 aliphatic heterocycles. The van der Waals surface area contributed by atoms with Crippen molar-refractivity contribution in [3.05, 3.63) is 0 Å². The predicted octanol–water partition coefficient (Wildman–Crippen LogP) is 0.894. The highest BCUT2D eigenvalue weighted by atomic mass is 15.3. The lowest BCUT2D eigenvalue weighted by atomic mass is 10.2. The maximum atomic E-state index is 6.04. The molecule has 2 unspecified atom stereocenters.